The summed E-state index contributed by atoms with van der Waals surface area (Å²) in [5.74, 6) is 0.0786. The molecule has 0 bridgehead atoms. The minimum atomic E-state index is 0.0786. The summed E-state index contributed by atoms with van der Waals surface area (Å²) >= 11 is 1.41. The Balaban J connectivity index is 2.48. The second kappa shape index (κ2) is 5.82. The maximum atomic E-state index is 11.2. The number of hydrogen-bond donors (Lipinski definition) is 1. The van der Waals surface area contributed by atoms with E-state index in [0.29, 0.717) is 0 Å². The summed E-state index contributed by atoms with van der Waals surface area (Å²) in [6.45, 7) is 4.97. The van der Waals surface area contributed by atoms with E-state index in [0.717, 1.165) is 35.3 Å². The van der Waals surface area contributed by atoms with E-state index in [9.17, 15) is 4.79 Å². The Morgan fingerprint density at radius 1 is 1.60 bits per heavy atom. The Morgan fingerprint density at radius 2 is 2.33 bits per heavy atom. The Kier molecular flexibility index (Phi) is 4.71. The lowest BCUT2D eigenvalue weighted by atomic mass is 10.3. The van der Waals surface area contributed by atoms with Crippen LogP contribution in [0.3, 0.4) is 0 Å². The molecular weight excluding hydrogens is 212 g/mol. The Morgan fingerprint density at radius 3 is 2.87 bits per heavy atom. The molecule has 1 heterocycles. The molecule has 0 saturated carbocycles. The number of carbonyl (C=O) groups is 1. The maximum absolute atomic E-state index is 11.2. The molecule has 0 unspecified atom stereocenters. The minimum Gasteiger partial charge on any atom is -0.385 e. The van der Waals surface area contributed by atoms with Gasteiger partial charge in [-0.1, -0.05) is 11.3 Å². The highest BCUT2D eigenvalue weighted by molar-refractivity contribution is 7.17. The molecule has 0 saturated heterocycles. The first kappa shape index (κ1) is 12.1. The van der Waals surface area contributed by atoms with Gasteiger partial charge in [-0.3, -0.25) is 4.79 Å². The first-order valence-corrected chi connectivity index (χ1v) is 5.68. The molecule has 84 valence electrons. The summed E-state index contributed by atoms with van der Waals surface area (Å²) in [6.07, 6.45) is 0.935. The number of thiazole rings is 1. The van der Waals surface area contributed by atoms with Crippen LogP contribution < -0.4 is 5.32 Å². The maximum Gasteiger partial charge on any atom is 0.183 e. The van der Waals surface area contributed by atoms with Crippen molar-refractivity contribution in [2.75, 3.05) is 25.6 Å². The number of aryl methyl sites for hydroxylation is 1. The third-order valence-electron chi connectivity index (χ3n) is 1.92. The van der Waals surface area contributed by atoms with Crippen LogP contribution in [0.25, 0.3) is 0 Å². The first-order valence-electron chi connectivity index (χ1n) is 4.86. The van der Waals surface area contributed by atoms with E-state index >= 15 is 0 Å². The summed E-state index contributed by atoms with van der Waals surface area (Å²) in [4.78, 5) is 16.2. The molecule has 1 aromatic heterocycles. The van der Waals surface area contributed by atoms with Crippen molar-refractivity contribution >= 4 is 22.3 Å². The fraction of sp³-hybridized carbons (Fsp3) is 0.600. The first-order chi connectivity index (χ1) is 7.15. The molecule has 1 aromatic rings. The van der Waals surface area contributed by atoms with Crippen molar-refractivity contribution in [3.8, 4) is 0 Å². The third-order valence-corrected chi connectivity index (χ3v) is 3.13. The van der Waals surface area contributed by atoms with Crippen LogP contribution in [-0.4, -0.2) is 31.0 Å². The van der Waals surface area contributed by atoms with Crippen LogP contribution in [0.5, 0.6) is 0 Å². The van der Waals surface area contributed by atoms with Crippen LogP contribution in [0, 0.1) is 6.92 Å². The molecule has 15 heavy (non-hydrogen) atoms. The number of nitrogens with one attached hydrogen (secondary N) is 1. The van der Waals surface area contributed by atoms with Gasteiger partial charge < -0.3 is 10.1 Å². The van der Waals surface area contributed by atoms with Crippen LogP contribution in [0.15, 0.2) is 0 Å². The highest BCUT2D eigenvalue weighted by atomic mass is 32.1. The molecule has 0 aliphatic carbocycles. The van der Waals surface area contributed by atoms with Crippen LogP contribution >= 0.6 is 11.3 Å². The average Bonchev–Trinajstić information content (AvgIpc) is 2.55. The molecule has 5 heteroatoms. The zero-order valence-electron chi connectivity index (χ0n) is 9.29. The number of anilines is 1. The summed E-state index contributed by atoms with van der Waals surface area (Å²) in [7, 11) is 1.68. The highest BCUT2D eigenvalue weighted by Gasteiger charge is 2.10. The van der Waals surface area contributed by atoms with Crippen molar-refractivity contribution < 1.29 is 9.53 Å². The Labute approximate surface area is 93.7 Å². The molecule has 0 aliphatic rings. The number of Topliss-reactive ketones (excluding diaryl/α,β-unsaturated/α-hetero) is 1. The Bertz CT molecular complexity index is 336. The van der Waals surface area contributed by atoms with Gasteiger partial charge in [-0.15, -0.1) is 0 Å². The van der Waals surface area contributed by atoms with Gasteiger partial charge in [0.2, 0.25) is 0 Å². The normalized spacial score (nSPS) is 10.3. The second-order valence-electron chi connectivity index (χ2n) is 3.26. The van der Waals surface area contributed by atoms with Gasteiger partial charge in [0.1, 0.15) is 0 Å². The van der Waals surface area contributed by atoms with E-state index in [-0.39, 0.29) is 5.78 Å². The summed E-state index contributed by atoms with van der Waals surface area (Å²) in [5.41, 5.74) is 0.807. The highest BCUT2D eigenvalue weighted by Crippen LogP contribution is 2.22. The van der Waals surface area contributed by atoms with Crippen LogP contribution in [0.1, 0.15) is 28.7 Å². The van der Waals surface area contributed by atoms with Crippen molar-refractivity contribution in [3.63, 3.8) is 0 Å². The monoisotopic (exact) mass is 228 g/mol. The van der Waals surface area contributed by atoms with E-state index in [1.165, 1.54) is 11.3 Å². The number of rotatable bonds is 6. The van der Waals surface area contributed by atoms with Gasteiger partial charge in [-0.05, 0) is 13.3 Å². The van der Waals surface area contributed by atoms with Crippen molar-refractivity contribution in [2.45, 2.75) is 20.3 Å². The number of nitrogens with zero attached hydrogens (tertiary/aromatic N) is 1. The number of ketones is 1. The average molecular weight is 228 g/mol. The van der Waals surface area contributed by atoms with Gasteiger partial charge in [0.05, 0.1) is 10.6 Å². The smallest absolute Gasteiger partial charge is 0.183 e. The summed E-state index contributed by atoms with van der Waals surface area (Å²) in [6, 6.07) is 0. The summed E-state index contributed by atoms with van der Waals surface area (Å²) in [5, 5.41) is 3.98. The lowest BCUT2D eigenvalue weighted by molar-refractivity contribution is 0.102. The second-order valence-corrected chi connectivity index (χ2v) is 4.26. The van der Waals surface area contributed by atoms with E-state index in [1.54, 1.807) is 14.0 Å². The van der Waals surface area contributed by atoms with Crippen LogP contribution in [-0.2, 0) is 4.74 Å². The lowest BCUT2D eigenvalue weighted by Gasteiger charge is -2.00. The van der Waals surface area contributed by atoms with Crippen molar-refractivity contribution in [1.29, 1.82) is 0 Å². The fourth-order valence-corrected chi connectivity index (χ4v) is 2.10. The molecule has 1 rings (SSSR count). The van der Waals surface area contributed by atoms with Crippen molar-refractivity contribution in [2.24, 2.45) is 0 Å². The molecule has 0 atom stereocenters. The van der Waals surface area contributed by atoms with Crippen LogP contribution in [0.2, 0.25) is 0 Å². The number of methoxy groups -OCH3 is 1. The molecule has 0 spiro atoms. The van der Waals surface area contributed by atoms with Gasteiger partial charge in [0, 0.05) is 27.2 Å². The summed E-state index contributed by atoms with van der Waals surface area (Å²) < 4.78 is 4.94. The standard InChI is InChI=1S/C10H16N2O2S/c1-7-9(8(2)13)15-10(12-7)11-5-4-6-14-3/h4-6H2,1-3H3,(H,11,12). The van der Waals surface area contributed by atoms with Gasteiger partial charge in [0.15, 0.2) is 10.9 Å². The van der Waals surface area contributed by atoms with E-state index in [4.69, 9.17) is 4.74 Å². The molecule has 0 amide bonds. The molecule has 0 aliphatic heterocycles. The largest absolute Gasteiger partial charge is 0.385 e. The van der Waals surface area contributed by atoms with E-state index in [1.807, 2.05) is 6.92 Å². The quantitative estimate of drug-likeness (QED) is 0.598. The fourth-order valence-electron chi connectivity index (χ4n) is 1.21. The molecule has 1 N–H and O–H groups in total. The minimum absolute atomic E-state index is 0.0786. The molecule has 4 nitrogen and oxygen atoms in total. The predicted molar refractivity (Wildman–Crippen MR) is 61.8 cm³/mol. The molecule has 0 radical (unpaired) electrons. The number of aromatic nitrogens is 1. The Hall–Kier alpha value is -0.940. The van der Waals surface area contributed by atoms with Gasteiger partial charge in [-0.2, -0.15) is 0 Å². The SMILES string of the molecule is COCCCNc1nc(C)c(C(C)=O)s1. The predicted octanol–water partition coefficient (Wildman–Crippen LogP) is 2.10. The zero-order chi connectivity index (χ0) is 11.3. The number of hydrogen-bond acceptors (Lipinski definition) is 5. The van der Waals surface area contributed by atoms with E-state index < -0.39 is 0 Å². The van der Waals surface area contributed by atoms with Crippen molar-refractivity contribution in [3.05, 3.63) is 10.6 Å². The van der Waals surface area contributed by atoms with E-state index in [2.05, 4.69) is 10.3 Å². The van der Waals surface area contributed by atoms with Gasteiger partial charge >= 0.3 is 0 Å². The number of ether oxygens (including phenoxy) is 1. The van der Waals surface area contributed by atoms with Gasteiger partial charge in [-0.25, -0.2) is 4.98 Å². The number of carbonyl (C=O) groups excluding carboxylic acids is 1. The van der Waals surface area contributed by atoms with Gasteiger partial charge in [0.25, 0.3) is 0 Å². The molecule has 0 aromatic carbocycles. The topological polar surface area (TPSA) is 51.2 Å². The molecule has 0 fully saturated rings. The lowest BCUT2D eigenvalue weighted by Crippen LogP contribution is -2.04. The van der Waals surface area contributed by atoms with Crippen molar-refractivity contribution in [1.82, 2.24) is 4.98 Å². The molecular formula is C10H16N2O2S. The third kappa shape index (κ3) is 3.60. The zero-order valence-corrected chi connectivity index (χ0v) is 10.1. The van der Waals surface area contributed by atoms with Crippen LogP contribution in [0.4, 0.5) is 5.13 Å².